The van der Waals surface area contributed by atoms with E-state index in [2.05, 4.69) is 40.7 Å². The maximum Gasteiger partial charge on any atom is 0.328 e. The highest BCUT2D eigenvalue weighted by Gasteiger charge is 2.22. The number of methoxy groups -OCH3 is 2. The van der Waals surface area contributed by atoms with Gasteiger partial charge in [0, 0.05) is 25.7 Å². The summed E-state index contributed by atoms with van der Waals surface area (Å²) in [5.74, 6) is 11.1. The van der Waals surface area contributed by atoms with Crippen LogP contribution in [0.15, 0.2) is 0 Å². The molecule has 216 valence electrons. The van der Waals surface area contributed by atoms with Crippen LogP contribution in [-0.2, 0) is 23.9 Å². The molecule has 1 atom stereocenters. The molecule has 0 aromatic rings. The van der Waals surface area contributed by atoms with Crippen LogP contribution in [0.4, 0.5) is 0 Å². The van der Waals surface area contributed by atoms with E-state index in [1.54, 1.807) is 0 Å². The van der Waals surface area contributed by atoms with Crippen LogP contribution < -0.4 is 5.32 Å². The van der Waals surface area contributed by atoms with Crippen molar-refractivity contribution >= 4 is 17.8 Å². The second kappa shape index (κ2) is 27.6. The number of ether oxygens (including phenoxy) is 2. The van der Waals surface area contributed by atoms with Gasteiger partial charge in [-0.3, -0.25) is 9.59 Å². The van der Waals surface area contributed by atoms with Gasteiger partial charge in [0.05, 0.1) is 14.2 Å². The Labute approximate surface area is 232 Å². The second-order valence-electron chi connectivity index (χ2n) is 9.91. The molecular formula is C32H53NO5. The van der Waals surface area contributed by atoms with Gasteiger partial charge in [-0.25, -0.2) is 4.79 Å². The van der Waals surface area contributed by atoms with Crippen molar-refractivity contribution in [2.45, 2.75) is 148 Å². The summed E-state index contributed by atoms with van der Waals surface area (Å²) in [4.78, 5) is 35.2. The van der Waals surface area contributed by atoms with Crippen LogP contribution in [0.1, 0.15) is 142 Å². The van der Waals surface area contributed by atoms with Crippen molar-refractivity contribution in [2.75, 3.05) is 14.2 Å². The summed E-state index contributed by atoms with van der Waals surface area (Å²) in [5, 5.41) is 2.66. The molecule has 0 rings (SSSR count). The Balaban J connectivity index is 3.64. The number of rotatable bonds is 23. The van der Waals surface area contributed by atoms with Crippen LogP contribution >= 0.6 is 0 Å². The van der Waals surface area contributed by atoms with Crippen LogP contribution in [0.2, 0.25) is 0 Å². The van der Waals surface area contributed by atoms with E-state index in [4.69, 9.17) is 4.74 Å². The Hall–Kier alpha value is -2.47. The molecule has 1 amide bonds. The SMILES string of the molecule is CCCCCCCCCCCCC#CC#CCCCCCCCCC(=O)N[C@@H](CCC(=O)OC)C(=O)OC. The molecule has 6 heteroatoms. The Kier molecular flexibility index (Phi) is 25.8. The minimum atomic E-state index is -0.822. The molecule has 0 aliphatic heterocycles. The molecule has 0 unspecified atom stereocenters. The zero-order chi connectivity index (χ0) is 28.1. The first-order valence-electron chi connectivity index (χ1n) is 14.9. The molecule has 6 nitrogen and oxygen atoms in total. The standard InChI is InChI=1S/C32H53NO5/c1-4-5-6-7-8-9-10-11-12-13-14-15-16-17-18-19-20-21-22-23-24-25-26-30(34)33-29(32(36)38-3)27-28-31(35)37-2/h29H,4-14,19-28H2,1-3H3,(H,33,34)/t29-/m0/s1. The molecule has 0 saturated carbocycles. The van der Waals surface area contributed by atoms with Crippen molar-refractivity contribution in [1.82, 2.24) is 5.32 Å². The van der Waals surface area contributed by atoms with Gasteiger partial charge < -0.3 is 14.8 Å². The van der Waals surface area contributed by atoms with Gasteiger partial charge in [0.1, 0.15) is 6.04 Å². The minimum absolute atomic E-state index is 0.0485. The van der Waals surface area contributed by atoms with Gasteiger partial charge in [-0.15, -0.1) is 0 Å². The fourth-order valence-corrected chi connectivity index (χ4v) is 4.14. The predicted octanol–water partition coefficient (Wildman–Crippen LogP) is 7.04. The molecule has 0 spiro atoms. The summed E-state index contributed by atoms with van der Waals surface area (Å²) in [6.07, 6.45) is 22.0. The summed E-state index contributed by atoms with van der Waals surface area (Å²) in [5.41, 5.74) is 0. The fourth-order valence-electron chi connectivity index (χ4n) is 4.14. The molecule has 0 saturated heterocycles. The van der Waals surface area contributed by atoms with Gasteiger partial charge in [0.2, 0.25) is 5.91 Å². The zero-order valence-electron chi connectivity index (χ0n) is 24.5. The number of unbranched alkanes of at least 4 members (excludes halogenated alkanes) is 16. The largest absolute Gasteiger partial charge is 0.469 e. The Morgan fingerprint density at radius 2 is 1.11 bits per heavy atom. The van der Waals surface area contributed by atoms with E-state index in [-0.39, 0.29) is 18.7 Å². The fraction of sp³-hybridized carbons (Fsp3) is 0.781. The van der Waals surface area contributed by atoms with Gasteiger partial charge in [-0.1, -0.05) is 102 Å². The van der Waals surface area contributed by atoms with E-state index in [9.17, 15) is 14.4 Å². The molecular weight excluding hydrogens is 478 g/mol. The van der Waals surface area contributed by atoms with Crippen molar-refractivity contribution in [3.05, 3.63) is 0 Å². The molecule has 38 heavy (non-hydrogen) atoms. The third kappa shape index (κ3) is 23.9. The van der Waals surface area contributed by atoms with Crippen molar-refractivity contribution in [3.8, 4) is 23.7 Å². The first-order chi connectivity index (χ1) is 18.5. The second-order valence-corrected chi connectivity index (χ2v) is 9.91. The molecule has 0 heterocycles. The van der Waals surface area contributed by atoms with E-state index in [1.165, 1.54) is 78.4 Å². The van der Waals surface area contributed by atoms with E-state index in [0.717, 1.165) is 51.4 Å². The zero-order valence-corrected chi connectivity index (χ0v) is 24.5. The lowest BCUT2D eigenvalue weighted by atomic mass is 10.1. The molecule has 0 aliphatic carbocycles. The number of hydrogen-bond donors (Lipinski definition) is 1. The normalized spacial score (nSPS) is 10.9. The van der Waals surface area contributed by atoms with Gasteiger partial charge >= 0.3 is 11.9 Å². The Morgan fingerprint density at radius 1 is 0.632 bits per heavy atom. The maximum absolute atomic E-state index is 12.1. The van der Waals surface area contributed by atoms with Crippen LogP contribution in [0.3, 0.4) is 0 Å². The summed E-state index contributed by atoms with van der Waals surface area (Å²) < 4.78 is 9.29. The number of esters is 2. The quantitative estimate of drug-likeness (QED) is 0.0869. The van der Waals surface area contributed by atoms with Crippen LogP contribution in [-0.4, -0.2) is 38.1 Å². The molecule has 0 aromatic carbocycles. The number of nitrogens with one attached hydrogen (secondary N) is 1. The molecule has 0 radical (unpaired) electrons. The summed E-state index contributed by atoms with van der Waals surface area (Å²) in [6, 6.07) is -0.822. The lowest BCUT2D eigenvalue weighted by Crippen LogP contribution is -2.41. The van der Waals surface area contributed by atoms with Gasteiger partial charge in [-0.05, 0) is 37.5 Å². The molecule has 0 fully saturated rings. The predicted molar refractivity (Wildman–Crippen MR) is 154 cm³/mol. The lowest BCUT2D eigenvalue weighted by Gasteiger charge is -2.16. The first kappa shape index (κ1) is 35.5. The highest BCUT2D eigenvalue weighted by molar-refractivity contribution is 5.84. The monoisotopic (exact) mass is 531 g/mol. The van der Waals surface area contributed by atoms with Crippen molar-refractivity contribution < 1.29 is 23.9 Å². The third-order valence-electron chi connectivity index (χ3n) is 6.54. The average Bonchev–Trinajstić information content (AvgIpc) is 2.93. The Morgan fingerprint density at radius 3 is 1.58 bits per heavy atom. The molecule has 0 bridgehead atoms. The van der Waals surface area contributed by atoms with E-state index >= 15 is 0 Å². The summed E-state index contributed by atoms with van der Waals surface area (Å²) in [6.45, 7) is 2.26. The number of carbonyl (C=O) groups is 3. The highest BCUT2D eigenvalue weighted by Crippen LogP contribution is 2.11. The van der Waals surface area contributed by atoms with Crippen LogP contribution in [0.25, 0.3) is 0 Å². The summed E-state index contributed by atoms with van der Waals surface area (Å²) >= 11 is 0. The molecule has 1 N–H and O–H groups in total. The number of amides is 1. The van der Waals surface area contributed by atoms with E-state index < -0.39 is 18.0 Å². The van der Waals surface area contributed by atoms with Gasteiger partial charge in [0.25, 0.3) is 0 Å². The van der Waals surface area contributed by atoms with Gasteiger partial charge in [-0.2, -0.15) is 0 Å². The molecule has 0 aliphatic rings. The van der Waals surface area contributed by atoms with E-state index in [0.29, 0.717) is 6.42 Å². The third-order valence-corrected chi connectivity index (χ3v) is 6.54. The minimum Gasteiger partial charge on any atom is -0.469 e. The van der Waals surface area contributed by atoms with Crippen LogP contribution in [0, 0.1) is 23.7 Å². The smallest absolute Gasteiger partial charge is 0.328 e. The topological polar surface area (TPSA) is 81.7 Å². The van der Waals surface area contributed by atoms with Crippen LogP contribution in [0.5, 0.6) is 0 Å². The lowest BCUT2D eigenvalue weighted by molar-refractivity contribution is -0.146. The number of carbonyl (C=O) groups excluding carboxylic acids is 3. The molecule has 0 aromatic heterocycles. The average molecular weight is 532 g/mol. The van der Waals surface area contributed by atoms with Crippen molar-refractivity contribution in [3.63, 3.8) is 0 Å². The van der Waals surface area contributed by atoms with Crippen molar-refractivity contribution in [1.29, 1.82) is 0 Å². The number of hydrogen-bond acceptors (Lipinski definition) is 5. The summed E-state index contributed by atoms with van der Waals surface area (Å²) in [7, 11) is 2.55. The van der Waals surface area contributed by atoms with Gasteiger partial charge in [0.15, 0.2) is 0 Å². The Bertz CT molecular complexity index is 740. The van der Waals surface area contributed by atoms with E-state index in [1.807, 2.05) is 0 Å². The first-order valence-corrected chi connectivity index (χ1v) is 14.9. The highest BCUT2D eigenvalue weighted by atomic mass is 16.5. The maximum atomic E-state index is 12.1. The van der Waals surface area contributed by atoms with Crippen molar-refractivity contribution in [2.24, 2.45) is 0 Å².